The third-order valence-corrected chi connectivity index (χ3v) is 4.37. The second kappa shape index (κ2) is 17.7. The van der Waals surface area contributed by atoms with Crippen molar-refractivity contribution in [3.63, 3.8) is 0 Å². The molecule has 37 heavy (non-hydrogen) atoms. The Morgan fingerprint density at radius 2 is 1.57 bits per heavy atom. The van der Waals surface area contributed by atoms with E-state index in [0.29, 0.717) is 17.8 Å². The van der Waals surface area contributed by atoms with Crippen molar-refractivity contribution in [1.29, 1.82) is 0 Å². The van der Waals surface area contributed by atoms with Gasteiger partial charge in [0.25, 0.3) is 0 Å². The van der Waals surface area contributed by atoms with Gasteiger partial charge >= 0.3 is 6.18 Å². The number of hydrogen-bond donors (Lipinski definition) is 1. The van der Waals surface area contributed by atoms with Crippen molar-refractivity contribution in [3.8, 4) is 0 Å². The van der Waals surface area contributed by atoms with E-state index in [4.69, 9.17) is 5.11 Å². The normalized spacial score (nSPS) is 11.3. The van der Waals surface area contributed by atoms with Crippen LogP contribution in [-0.2, 0) is 11.0 Å². The van der Waals surface area contributed by atoms with Gasteiger partial charge in [0.2, 0.25) is 0 Å². The lowest BCUT2D eigenvalue weighted by molar-refractivity contribution is -0.141. The van der Waals surface area contributed by atoms with Crippen LogP contribution < -0.4 is 0 Å². The standard InChI is InChI=1S/C12H15F3N2.C7H6F2.C7H14O2.C2H6/c1-4-5-8(2)16-10-6-7-11(12(13,14)15)17-9(10)3;1-5-2-3-6(8)7(9)4-5;1-4-6(8)5-7(2,3)9;1-2/h6-7H,4-5H2,1-3H3;2-4H,1H3;9H,4-5H2,1-3H3;1-2H3. The van der Waals surface area contributed by atoms with Gasteiger partial charge in [0.15, 0.2) is 11.6 Å². The smallest absolute Gasteiger partial charge is 0.390 e. The molecule has 1 heterocycles. The summed E-state index contributed by atoms with van der Waals surface area (Å²) in [6, 6.07) is 6.13. The molecule has 2 aromatic rings. The van der Waals surface area contributed by atoms with Crippen molar-refractivity contribution in [2.75, 3.05) is 0 Å². The Kier molecular flexibility index (Phi) is 17.5. The van der Waals surface area contributed by atoms with Gasteiger partial charge in [0.1, 0.15) is 11.5 Å². The Labute approximate surface area is 218 Å². The summed E-state index contributed by atoms with van der Waals surface area (Å²) in [4.78, 5) is 18.5. The number of alkyl halides is 3. The Morgan fingerprint density at radius 1 is 1.00 bits per heavy atom. The van der Waals surface area contributed by atoms with Crippen molar-refractivity contribution in [2.45, 2.75) is 99.8 Å². The SMILES string of the molecule is CC.CCC(=O)CC(C)(C)O.CCCC(C)=Nc1ccc(C(F)(F)F)nc1C.Cc1ccc(F)c(F)c1. The summed E-state index contributed by atoms with van der Waals surface area (Å²) in [5.74, 6) is -1.46. The molecule has 0 bridgehead atoms. The van der Waals surface area contributed by atoms with Crippen LogP contribution in [0.2, 0.25) is 0 Å². The average Bonchev–Trinajstić information content (AvgIpc) is 2.78. The monoisotopic (exact) mass is 532 g/mol. The molecule has 0 radical (unpaired) electrons. The first-order valence-electron chi connectivity index (χ1n) is 12.2. The zero-order valence-electron chi connectivity index (χ0n) is 23.4. The summed E-state index contributed by atoms with van der Waals surface area (Å²) in [5, 5.41) is 9.10. The number of pyridine rings is 1. The highest BCUT2D eigenvalue weighted by atomic mass is 19.4. The first kappa shape index (κ1) is 36.5. The highest BCUT2D eigenvalue weighted by molar-refractivity contribution is 5.84. The minimum atomic E-state index is -4.40. The van der Waals surface area contributed by atoms with Gasteiger partial charge in [0, 0.05) is 18.6 Å². The molecule has 2 rings (SSSR count). The van der Waals surface area contributed by atoms with Crippen LogP contribution in [0.15, 0.2) is 35.3 Å². The molecule has 1 aromatic carbocycles. The number of carbonyl (C=O) groups excluding carboxylic acids is 1. The molecule has 0 amide bonds. The van der Waals surface area contributed by atoms with Gasteiger partial charge in [-0.15, -0.1) is 0 Å². The van der Waals surface area contributed by atoms with Gasteiger partial charge in [-0.1, -0.05) is 40.2 Å². The fourth-order valence-corrected chi connectivity index (χ4v) is 2.66. The van der Waals surface area contributed by atoms with E-state index < -0.39 is 29.1 Å². The summed E-state index contributed by atoms with van der Waals surface area (Å²) in [7, 11) is 0. The molecule has 0 aliphatic heterocycles. The molecule has 0 aliphatic carbocycles. The van der Waals surface area contributed by atoms with E-state index in [2.05, 4.69) is 9.98 Å². The van der Waals surface area contributed by atoms with Crippen LogP contribution in [0, 0.1) is 25.5 Å². The molecule has 0 fully saturated rings. The fourth-order valence-electron chi connectivity index (χ4n) is 2.66. The molecule has 0 atom stereocenters. The lowest BCUT2D eigenvalue weighted by Crippen LogP contribution is -2.22. The number of aryl methyl sites for hydroxylation is 2. The van der Waals surface area contributed by atoms with E-state index >= 15 is 0 Å². The van der Waals surface area contributed by atoms with E-state index in [1.54, 1.807) is 27.7 Å². The predicted octanol–water partition coefficient (Wildman–Crippen LogP) is 8.73. The quantitative estimate of drug-likeness (QED) is 0.299. The van der Waals surface area contributed by atoms with Crippen LogP contribution >= 0.6 is 0 Å². The average molecular weight is 533 g/mol. The molecule has 0 saturated carbocycles. The van der Waals surface area contributed by atoms with Crippen molar-refractivity contribution in [2.24, 2.45) is 4.99 Å². The lowest BCUT2D eigenvalue weighted by atomic mass is 10.0. The summed E-state index contributed by atoms with van der Waals surface area (Å²) in [6.45, 7) is 16.2. The van der Waals surface area contributed by atoms with Crippen LogP contribution in [0.1, 0.15) is 91.1 Å². The van der Waals surface area contributed by atoms with Crippen molar-refractivity contribution >= 4 is 17.2 Å². The summed E-state index contributed by atoms with van der Waals surface area (Å²) < 4.78 is 61.5. The summed E-state index contributed by atoms with van der Waals surface area (Å²) in [6.07, 6.45) is -1.82. The van der Waals surface area contributed by atoms with Gasteiger partial charge < -0.3 is 5.11 Å². The molecule has 0 aliphatic rings. The Balaban J connectivity index is 0. The number of carbonyl (C=O) groups is 1. The van der Waals surface area contributed by atoms with Crippen molar-refractivity contribution in [1.82, 2.24) is 4.98 Å². The van der Waals surface area contributed by atoms with Crippen LogP contribution in [0.5, 0.6) is 0 Å². The number of halogens is 5. The molecule has 0 spiro atoms. The second-order valence-electron chi connectivity index (χ2n) is 8.69. The molecule has 0 saturated heterocycles. The third-order valence-electron chi connectivity index (χ3n) is 4.37. The van der Waals surface area contributed by atoms with Gasteiger partial charge in [-0.25, -0.2) is 13.8 Å². The highest BCUT2D eigenvalue weighted by Gasteiger charge is 2.32. The molecule has 1 N–H and O–H groups in total. The number of aliphatic hydroxyl groups is 1. The van der Waals surface area contributed by atoms with E-state index in [9.17, 15) is 26.7 Å². The minimum absolute atomic E-state index is 0.113. The van der Waals surface area contributed by atoms with Crippen LogP contribution in [0.4, 0.5) is 27.6 Å². The Morgan fingerprint density at radius 3 is 1.92 bits per heavy atom. The Bertz CT molecular complexity index is 982. The first-order chi connectivity index (χ1) is 17.0. The van der Waals surface area contributed by atoms with Crippen LogP contribution in [0.3, 0.4) is 0 Å². The Hall–Kier alpha value is -2.68. The van der Waals surface area contributed by atoms with Gasteiger partial charge in [0.05, 0.1) is 17.0 Å². The lowest BCUT2D eigenvalue weighted by Gasteiger charge is -2.14. The second-order valence-corrected chi connectivity index (χ2v) is 8.69. The highest BCUT2D eigenvalue weighted by Crippen LogP contribution is 2.30. The maximum absolute atomic E-state index is 12.4. The molecule has 1 aromatic heterocycles. The van der Waals surface area contributed by atoms with Gasteiger partial charge in [-0.05, 0) is 70.9 Å². The van der Waals surface area contributed by atoms with Gasteiger partial charge in [-0.3, -0.25) is 9.79 Å². The summed E-state index contributed by atoms with van der Waals surface area (Å²) in [5.41, 5.74) is 0.736. The van der Waals surface area contributed by atoms with E-state index in [-0.39, 0.29) is 12.2 Å². The number of aliphatic imine (C=N–C) groups is 1. The molecule has 4 nitrogen and oxygen atoms in total. The molecular formula is C28H41F5N2O2. The number of Topliss-reactive ketones (excluding diaryl/α,β-unsaturated/α-hetero) is 1. The molecule has 9 heteroatoms. The molecule has 0 unspecified atom stereocenters. The topological polar surface area (TPSA) is 62.5 Å². The van der Waals surface area contributed by atoms with E-state index in [1.165, 1.54) is 19.1 Å². The maximum atomic E-state index is 12.4. The summed E-state index contributed by atoms with van der Waals surface area (Å²) >= 11 is 0. The largest absolute Gasteiger partial charge is 0.433 e. The third kappa shape index (κ3) is 17.4. The van der Waals surface area contributed by atoms with E-state index in [0.717, 1.165) is 42.3 Å². The number of nitrogens with zero attached hydrogens (tertiary/aromatic N) is 2. The number of benzene rings is 1. The first-order valence-corrected chi connectivity index (χ1v) is 12.2. The van der Waals surface area contributed by atoms with Crippen LogP contribution in [-0.4, -0.2) is 27.2 Å². The fraction of sp³-hybridized carbons (Fsp3) is 0.536. The zero-order chi connectivity index (χ0) is 29.4. The van der Waals surface area contributed by atoms with Gasteiger partial charge in [-0.2, -0.15) is 13.2 Å². The van der Waals surface area contributed by atoms with Crippen LogP contribution in [0.25, 0.3) is 0 Å². The van der Waals surface area contributed by atoms with Crippen molar-refractivity contribution < 1.29 is 31.9 Å². The number of hydrogen-bond acceptors (Lipinski definition) is 4. The van der Waals surface area contributed by atoms with Crippen molar-refractivity contribution in [3.05, 3.63) is 58.9 Å². The zero-order valence-corrected chi connectivity index (χ0v) is 23.4. The number of rotatable bonds is 6. The molecular weight excluding hydrogens is 491 g/mol. The predicted molar refractivity (Wildman–Crippen MR) is 140 cm³/mol. The number of aromatic nitrogens is 1. The molecule has 210 valence electrons. The maximum Gasteiger partial charge on any atom is 0.433 e. The minimum Gasteiger partial charge on any atom is -0.390 e. The van der Waals surface area contributed by atoms with E-state index in [1.807, 2.05) is 27.7 Å². The number of ketones is 1.